The van der Waals surface area contributed by atoms with Crippen molar-refractivity contribution >= 4 is 51.8 Å². The molecule has 5 nitrogen and oxygen atoms in total. The highest BCUT2D eigenvalue weighted by atomic mass is 35.5. The molecule has 3 aromatic rings. The molecule has 3 rings (SSSR count). The van der Waals surface area contributed by atoms with Crippen molar-refractivity contribution in [2.75, 3.05) is 12.4 Å². The molecule has 25 heavy (non-hydrogen) atoms. The van der Waals surface area contributed by atoms with E-state index in [0.29, 0.717) is 26.8 Å². The predicted octanol–water partition coefficient (Wildman–Crippen LogP) is 4.45. The van der Waals surface area contributed by atoms with Gasteiger partial charge < -0.3 is 10.6 Å². The van der Waals surface area contributed by atoms with Gasteiger partial charge in [0.1, 0.15) is 9.88 Å². The summed E-state index contributed by atoms with van der Waals surface area (Å²) in [6.07, 6.45) is 0. The summed E-state index contributed by atoms with van der Waals surface area (Å²) in [5, 5.41) is 10.4. The largest absolute Gasteiger partial charge is 0.355 e. The highest BCUT2D eigenvalue weighted by molar-refractivity contribution is 7.17. The highest BCUT2D eigenvalue weighted by Gasteiger charge is 2.17. The van der Waals surface area contributed by atoms with Crippen LogP contribution >= 0.6 is 34.3 Å². The van der Waals surface area contributed by atoms with E-state index in [4.69, 9.17) is 11.6 Å². The van der Waals surface area contributed by atoms with Crippen molar-refractivity contribution in [3.63, 3.8) is 0 Å². The minimum absolute atomic E-state index is 0.262. The Morgan fingerprint density at radius 2 is 2.00 bits per heavy atom. The Bertz CT molecular complexity index is 936. The van der Waals surface area contributed by atoms with E-state index in [9.17, 15) is 9.59 Å². The summed E-state index contributed by atoms with van der Waals surface area (Å²) in [5.41, 5.74) is 2.48. The Hall–Kier alpha value is -2.22. The first-order chi connectivity index (χ1) is 12.0. The van der Waals surface area contributed by atoms with Crippen molar-refractivity contribution in [1.29, 1.82) is 0 Å². The molecule has 0 atom stereocenters. The maximum atomic E-state index is 12.6. The van der Waals surface area contributed by atoms with Crippen LogP contribution in [-0.4, -0.2) is 23.8 Å². The number of carbonyl (C=O) groups is 2. The molecule has 0 aliphatic rings. The molecular weight excluding hydrogens is 378 g/mol. The summed E-state index contributed by atoms with van der Waals surface area (Å²) in [5.74, 6) is -0.573. The van der Waals surface area contributed by atoms with Gasteiger partial charge in [0, 0.05) is 23.7 Å². The van der Waals surface area contributed by atoms with E-state index in [1.807, 2.05) is 16.8 Å². The van der Waals surface area contributed by atoms with Crippen molar-refractivity contribution < 1.29 is 9.59 Å². The topological polar surface area (TPSA) is 71.1 Å². The Kier molecular flexibility index (Phi) is 5.17. The first kappa shape index (κ1) is 17.6. The number of aryl methyl sites for hydroxylation is 1. The van der Waals surface area contributed by atoms with Crippen molar-refractivity contribution in [1.82, 2.24) is 10.3 Å². The molecule has 0 aliphatic heterocycles. The number of rotatable bonds is 4. The van der Waals surface area contributed by atoms with E-state index in [1.165, 1.54) is 18.4 Å². The summed E-state index contributed by atoms with van der Waals surface area (Å²) in [6.45, 7) is 1.80. The molecular formula is C17H14ClN3O2S2. The van der Waals surface area contributed by atoms with E-state index >= 15 is 0 Å². The maximum absolute atomic E-state index is 12.6. The quantitative estimate of drug-likeness (QED) is 0.690. The normalized spacial score (nSPS) is 10.5. The Balaban J connectivity index is 1.85. The van der Waals surface area contributed by atoms with Crippen molar-refractivity contribution in [3.8, 4) is 10.6 Å². The van der Waals surface area contributed by atoms with E-state index in [0.717, 1.165) is 10.6 Å². The summed E-state index contributed by atoms with van der Waals surface area (Å²) < 4.78 is 0. The van der Waals surface area contributed by atoms with Crippen molar-refractivity contribution in [2.24, 2.45) is 0 Å². The molecule has 0 unspecified atom stereocenters. The number of hydrogen-bond donors (Lipinski definition) is 2. The van der Waals surface area contributed by atoms with Crippen molar-refractivity contribution in [3.05, 3.63) is 56.2 Å². The lowest BCUT2D eigenvalue weighted by Crippen LogP contribution is -2.19. The van der Waals surface area contributed by atoms with Gasteiger partial charge in [-0.3, -0.25) is 9.59 Å². The third-order valence-corrected chi connectivity index (χ3v) is 5.68. The summed E-state index contributed by atoms with van der Waals surface area (Å²) >= 11 is 8.95. The number of thiazole rings is 1. The molecule has 128 valence electrons. The number of nitrogens with zero attached hydrogens (tertiary/aromatic N) is 1. The lowest BCUT2D eigenvalue weighted by atomic mass is 10.2. The number of aromatic nitrogens is 1. The van der Waals surface area contributed by atoms with Crippen LogP contribution in [0.25, 0.3) is 10.6 Å². The molecule has 0 saturated carbocycles. The summed E-state index contributed by atoms with van der Waals surface area (Å²) in [6, 6.07) is 6.76. The molecule has 2 aromatic heterocycles. The summed E-state index contributed by atoms with van der Waals surface area (Å²) in [4.78, 5) is 29.4. The fourth-order valence-corrected chi connectivity index (χ4v) is 4.09. The lowest BCUT2D eigenvalue weighted by Gasteiger charge is -2.08. The molecule has 1 aromatic carbocycles. The first-order valence-corrected chi connectivity index (χ1v) is 9.46. The third-order valence-electron chi connectivity index (χ3n) is 3.47. The second-order valence-corrected chi connectivity index (χ2v) is 7.36. The number of hydrogen-bond acceptors (Lipinski definition) is 5. The number of amides is 2. The van der Waals surface area contributed by atoms with Gasteiger partial charge in [-0.25, -0.2) is 4.98 Å². The predicted molar refractivity (Wildman–Crippen MR) is 103 cm³/mol. The van der Waals surface area contributed by atoms with Gasteiger partial charge in [0.25, 0.3) is 11.8 Å². The van der Waals surface area contributed by atoms with Crippen molar-refractivity contribution in [2.45, 2.75) is 6.92 Å². The van der Waals surface area contributed by atoms with E-state index in [2.05, 4.69) is 15.6 Å². The molecule has 0 saturated heterocycles. The number of halogens is 1. The van der Waals surface area contributed by atoms with Crippen LogP contribution in [0.15, 0.2) is 35.0 Å². The monoisotopic (exact) mass is 391 g/mol. The smallest absolute Gasteiger partial charge is 0.267 e. The lowest BCUT2D eigenvalue weighted by molar-refractivity contribution is 0.0961. The minimum Gasteiger partial charge on any atom is -0.355 e. The van der Waals surface area contributed by atoms with Gasteiger partial charge in [0.15, 0.2) is 0 Å². The number of nitrogens with one attached hydrogen (secondary N) is 2. The number of carbonyl (C=O) groups excluding carboxylic acids is 2. The van der Waals surface area contributed by atoms with Crippen LogP contribution in [0.3, 0.4) is 0 Å². The standard InChI is InChI=1S/C17H14ClN3O2S2/c1-9-14(25-17(20-9)10-5-6-24-8-10)16(23)21-11-3-4-13(18)12(7-11)15(22)19-2/h3-8H,1-2H3,(H,19,22)(H,21,23). The molecule has 0 spiro atoms. The first-order valence-electron chi connectivity index (χ1n) is 7.32. The van der Waals surface area contributed by atoms with Gasteiger partial charge in [0.2, 0.25) is 0 Å². The van der Waals surface area contributed by atoms with Crippen LogP contribution in [-0.2, 0) is 0 Å². The highest BCUT2D eigenvalue weighted by Crippen LogP contribution is 2.30. The molecule has 8 heteroatoms. The third kappa shape index (κ3) is 3.73. The maximum Gasteiger partial charge on any atom is 0.267 e. The van der Waals surface area contributed by atoms with Gasteiger partial charge in [-0.2, -0.15) is 11.3 Å². The van der Waals surface area contributed by atoms with Crippen LogP contribution < -0.4 is 10.6 Å². The zero-order valence-electron chi connectivity index (χ0n) is 13.4. The Morgan fingerprint density at radius 1 is 1.20 bits per heavy atom. The average Bonchev–Trinajstić information content (AvgIpc) is 3.25. The average molecular weight is 392 g/mol. The number of thiophene rings is 1. The second kappa shape index (κ2) is 7.35. The van der Waals surface area contributed by atoms with E-state index in [1.54, 1.807) is 36.5 Å². The molecule has 0 aliphatic carbocycles. The molecule has 2 N–H and O–H groups in total. The molecule has 0 radical (unpaired) electrons. The molecule has 0 fully saturated rings. The van der Waals surface area contributed by atoms with Crippen LogP contribution in [0.5, 0.6) is 0 Å². The fourth-order valence-electron chi connectivity index (χ4n) is 2.22. The van der Waals surface area contributed by atoms with E-state index < -0.39 is 0 Å². The summed E-state index contributed by atoms with van der Waals surface area (Å²) in [7, 11) is 1.52. The van der Waals surface area contributed by atoms with Crippen LogP contribution in [0.2, 0.25) is 5.02 Å². The number of anilines is 1. The Morgan fingerprint density at radius 3 is 2.68 bits per heavy atom. The second-order valence-electron chi connectivity index (χ2n) is 5.17. The molecule has 2 amide bonds. The van der Waals surface area contributed by atoms with Crippen LogP contribution in [0.1, 0.15) is 25.7 Å². The van der Waals surface area contributed by atoms with Gasteiger partial charge in [-0.15, -0.1) is 11.3 Å². The van der Waals surface area contributed by atoms with Gasteiger partial charge in [-0.05, 0) is 36.6 Å². The van der Waals surface area contributed by atoms with Crippen LogP contribution in [0, 0.1) is 6.92 Å². The fraction of sp³-hybridized carbons (Fsp3) is 0.118. The van der Waals surface area contributed by atoms with Crippen LogP contribution in [0.4, 0.5) is 5.69 Å². The number of benzene rings is 1. The van der Waals surface area contributed by atoms with Gasteiger partial charge in [-0.1, -0.05) is 11.6 Å². The zero-order chi connectivity index (χ0) is 18.0. The Labute approximate surface area is 157 Å². The molecule has 0 bridgehead atoms. The van der Waals surface area contributed by atoms with Gasteiger partial charge in [0.05, 0.1) is 16.3 Å². The van der Waals surface area contributed by atoms with Gasteiger partial charge >= 0.3 is 0 Å². The van der Waals surface area contributed by atoms with E-state index in [-0.39, 0.29) is 11.8 Å². The zero-order valence-corrected chi connectivity index (χ0v) is 15.8. The molecule has 2 heterocycles. The SMILES string of the molecule is CNC(=O)c1cc(NC(=O)c2sc(-c3ccsc3)nc2C)ccc1Cl. The minimum atomic E-state index is -0.310.